The maximum atomic E-state index is 11.3. The van der Waals surface area contributed by atoms with Crippen LogP contribution in [-0.4, -0.2) is 52.1 Å². The van der Waals surface area contributed by atoms with Crippen molar-refractivity contribution in [2.24, 2.45) is 0 Å². The van der Waals surface area contributed by atoms with E-state index < -0.39 is 31.9 Å². The highest BCUT2D eigenvalue weighted by Crippen LogP contribution is 2.03. The van der Waals surface area contributed by atoms with Crippen molar-refractivity contribution in [3.05, 3.63) is 12.2 Å². The Morgan fingerprint density at radius 3 is 2.08 bits per heavy atom. The number of carbonyl (C=O) groups is 1. The van der Waals surface area contributed by atoms with E-state index in [1.54, 1.807) is 0 Å². The molecule has 0 saturated carbocycles. The second kappa shape index (κ2) is 5.69. The van der Waals surface area contributed by atoms with Crippen LogP contribution in [0.15, 0.2) is 12.2 Å². The Labute approximate surface area is 76.9 Å². The molecule has 0 fully saturated rings. The summed E-state index contributed by atoms with van der Waals surface area (Å²) in [7, 11) is 0. The average molecular weight is 189 g/mol. The van der Waals surface area contributed by atoms with Gasteiger partial charge in [0.15, 0.2) is 0 Å². The highest BCUT2D eigenvalue weighted by Gasteiger charge is 2.21. The van der Waals surface area contributed by atoms with Crippen LogP contribution < -0.4 is 0 Å². The van der Waals surface area contributed by atoms with Gasteiger partial charge in [-0.1, -0.05) is 6.58 Å². The fourth-order valence-electron chi connectivity index (χ4n) is 0.846. The summed E-state index contributed by atoms with van der Waals surface area (Å²) < 4.78 is 0. The third kappa shape index (κ3) is 3.14. The molecule has 0 aromatic carbocycles. The SMILES string of the molecule is C=C(C)C(=O)N(CO)C(CO)CO. The van der Waals surface area contributed by atoms with Crippen molar-refractivity contribution in [1.82, 2.24) is 4.90 Å². The molecule has 3 N–H and O–H groups in total. The molecule has 5 nitrogen and oxygen atoms in total. The van der Waals surface area contributed by atoms with E-state index in [1.165, 1.54) is 6.92 Å². The van der Waals surface area contributed by atoms with Gasteiger partial charge in [0.25, 0.3) is 5.91 Å². The monoisotopic (exact) mass is 189 g/mol. The minimum absolute atomic E-state index is 0.251. The van der Waals surface area contributed by atoms with Gasteiger partial charge in [-0.05, 0) is 6.92 Å². The van der Waals surface area contributed by atoms with E-state index in [4.69, 9.17) is 15.3 Å². The zero-order valence-electron chi connectivity index (χ0n) is 7.60. The van der Waals surface area contributed by atoms with E-state index in [0.717, 1.165) is 4.90 Å². The molecule has 0 heterocycles. The quantitative estimate of drug-likeness (QED) is 0.370. The molecule has 1 amide bonds. The molecule has 5 heteroatoms. The molecule has 0 atom stereocenters. The molecule has 0 rings (SSSR count). The first-order chi connectivity index (χ1) is 6.08. The van der Waals surface area contributed by atoms with Gasteiger partial charge in [0.1, 0.15) is 6.73 Å². The van der Waals surface area contributed by atoms with Crippen LogP contribution in [0.4, 0.5) is 0 Å². The van der Waals surface area contributed by atoms with Crippen LogP contribution in [0.25, 0.3) is 0 Å². The van der Waals surface area contributed by atoms with Gasteiger partial charge in [-0.2, -0.15) is 0 Å². The Morgan fingerprint density at radius 1 is 1.38 bits per heavy atom. The Balaban J connectivity index is 4.47. The van der Waals surface area contributed by atoms with Gasteiger partial charge in [-0.15, -0.1) is 0 Å². The lowest BCUT2D eigenvalue weighted by Crippen LogP contribution is -2.45. The van der Waals surface area contributed by atoms with Gasteiger partial charge >= 0.3 is 0 Å². The molecule has 13 heavy (non-hydrogen) atoms. The van der Waals surface area contributed by atoms with Gasteiger partial charge in [0.2, 0.25) is 0 Å². The molecule has 0 aliphatic heterocycles. The molecule has 0 saturated heterocycles. The fraction of sp³-hybridized carbons (Fsp3) is 0.625. The first kappa shape index (κ1) is 12.1. The highest BCUT2D eigenvalue weighted by atomic mass is 16.3. The third-order valence-electron chi connectivity index (χ3n) is 1.64. The lowest BCUT2D eigenvalue weighted by atomic mass is 10.2. The van der Waals surface area contributed by atoms with E-state index in [1.807, 2.05) is 0 Å². The van der Waals surface area contributed by atoms with E-state index in [2.05, 4.69) is 6.58 Å². The standard InChI is InChI=1S/C8H15NO4/c1-6(2)8(13)9(5-12)7(3-10)4-11/h7,10-12H,1,3-5H2,2H3. The predicted molar refractivity (Wildman–Crippen MR) is 46.7 cm³/mol. The van der Waals surface area contributed by atoms with Gasteiger partial charge in [0, 0.05) is 5.57 Å². The van der Waals surface area contributed by atoms with Crippen molar-refractivity contribution < 1.29 is 20.1 Å². The van der Waals surface area contributed by atoms with Gasteiger partial charge in [-0.25, -0.2) is 0 Å². The Bertz CT molecular complexity index is 189. The number of nitrogens with zero attached hydrogens (tertiary/aromatic N) is 1. The lowest BCUT2D eigenvalue weighted by molar-refractivity contribution is -0.136. The number of hydrogen-bond acceptors (Lipinski definition) is 4. The van der Waals surface area contributed by atoms with Crippen molar-refractivity contribution in [1.29, 1.82) is 0 Å². The summed E-state index contributed by atoms with van der Waals surface area (Å²) in [6.45, 7) is 3.58. The van der Waals surface area contributed by atoms with Crippen molar-refractivity contribution in [2.75, 3.05) is 19.9 Å². The first-order valence-corrected chi connectivity index (χ1v) is 3.87. The van der Waals surface area contributed by atoms with Crippen LogP contribution in [0.2, 0.25) is 0 Å². The van der Waals surface area contributed by atoms with Crippen LogP contribution in [-0.2, 0) is 4.79 Å². The van der Waals surface area contributed by atoms with E-state index in [0.29, 0.717) is 0 Å². The van der Waals surface area contributed by atoms with Crippen LogP contribution in [0.1, 0.15) is 6.92 Å². The van der Waals surface area contributed by atoms with Gasteiger partial charge < -0.3 is 20.2 Å². The van der Waals surface area contributed by atoms with E-state index >= 15 is 0 Å². The molecular weight excluding hydrogens is 174 g/mol. The summed E-state index contributed by atoms with van der Waals surface area (Å²) in [5, 5.41) is 26.3. The summed E-state index contributed by atoms with van der Waals surface area (Å²) >= 11 is 0. The maximum Gasteiger partial charge on any atom is 0.251 e. The summed E-state index contributed by atoms with van der Waals surface area (Å²) in [5.74, 6) is -0.476. The van der Waals surface area contributed by atoms with Crippen LogP contribution >= 0.6 is 0 Å². The molecule has 0 aliphatic carbocycles. The third-order valence-corrected chi connectivity index (χ3v) is 1.64. The van der Waals surface area contributed by atoms with Gasteiger partial charge in [0.05, 0.1) is 19.3 Å². The number of amides is 1. The topological polar surface area (TPSA) is 81.0 Å². The molecule has 0 bridgehead atoms. The summed E-state index contributed by atoms with van der Waals surface area (Å²) in [4.78, 5) is 12.2. The molecular formula is C8H15NO4. The Kier molecular flexibility index (Phi) is 5.29. The number of aliphatic hydroxyl groups is 3. The van der Waals surface area contributed by atoms with E-state index in [9.17, 15) is 4.79 Å². The number of carbonyl (C=O) groups excluding carboxylic acids is 1. The number of aliphatic hydroxyl groups excluding tert-OH is 3. The largest absolute Gasteiger partial charge is 0.394 e. The van der Waals surface area contributed by atoms with Crippen LogP contribution in [0, 0.1) is 0 Å². The second-order valence-corrected chi connectivity index (χ2v) is 2.72. The normalized spacial score (nSPS) is 10.2. The van der Waals surface area contributed by atoms with Crippen molar-refractivity contribution in [3.63, 3.8) is 0 Å². The summed E-state index contributed by atoms with van der Waals surface area (Å²) in [6, 6.07) is -0.769. The first-order valence-electron chi connectivity index (χ1n) is 3.87. The highest BCUT2D eigenvalue weighted by molar-refractivity contribution is 5.92. The number of hydrogen-bond donors (Lipinski definition) is 3. The van der Waals surface area contributed by atoms with Crippen LogP contribution in [0.5, 0.6) is 0 Å². The summed E-state index contributed by atoms with van der Waals surface area (Å²) in [6.07, 6.45) is 0. The van der Waals surface area contributed by atoms with Crippen molar-refractivity contribution in [3.8, 4) is 0 Å². The molecule has 76 valence electrons. The maximum absolute atomic E-state index is 11.3. The minimum atomic E-state index is -0.769. The van der Waals surface area contributed by atoms with Crippen molar-refractivity contribution >= 4 is 5.91 Å². The second-order valence-electron chi connectivity index (χ2n) is 2.72. The van der Waals surface area contributed by atoms with Crippen LogP contribution in [0.3, 0.4) is 0 Å². The minimum Gasteiger partial charge on any atom is -0.394 e. The molecule has 0 aromatic heterocycles. The Hall–Kier alpha value is -0.910. The fourth-order valence-corrected chi connectivity index (χ4v) is 0.846. The van der Waals surface area contributed by atoms with Crippen molar-refractivity contribution in [2.45, 2.75) is 13.0 Å². The van der Waals surface area contributed by atoms with Gasteiger partial charge in [-0.3, -0.25) is 4.79 Å². The zero-order chi connectivity index (χ0) is 10.4. The lowest BCUT2D eigenvalue weighted by Gasteiger charge is -2.27. The molecule has 0 spiro atoms. The molecule has 0 radical (unpaired) electrons. The predicted octanol–water partition coefficient (Wildman–Crippen LogP) is -1.31. The smallest absolute Gasteiger partial charge is 0.251 e. The summed E-state index contributed by atoms with van der Waals surface area (Å²) in [5.41, 5.74) is 0.251. The molecule has 0 aromatic rings. The average Bonchev–Trinajstić information content (AvgIpc) is 2.12. The molecule has 0 aliphatic rings. The zero-order valence-corrected chi connectivity index (χ0v) is 7.60. The van der Waals surface area contributed by atoms with E-state index in [-0.39, 0.29) is 5.57 Å². The number of rotatable bonds is 5. The Morgan fingerprint density at radius 2 is 1.85 bits per heavy atom. The molecule has 0 unspecified atom stereocenters.